The number of hydrogen-bond donors (Lipinski definition) is 0. The normalized spacial score (nSPS) is 11.2. The molecule has 0 radical (unpaired) electrons. The van der Waals surface area contributed by atoms with Crippen molar-refractivity contribution in [3.8, 4) is 16.9 Å². The summed E-state index contributed by atoms with van der Waals surface area (Å²) in [5.41, 5.74) is 1.75. The second kappa shape index (κ2) is 8.30. The fraction of sp³-hybridized carbons (Fsp3) is 0.304. The van der Waals surface area contributed by atoms with Gasteiger partial charge in [-0.05, 0) is 51.0 Å². The number of benzene rings is 2. The molecule has 0 fully saturated rings. The van der Waals surface area contributed by atoms with Crippen LogP contribution < -0.4 is 10.4 Å². The SMILES string of the molecule is CC(C)N(C(=O)COc1ccc2c(-c3ccccc3)cc(=O)oc2c1)C(C)C. The first-order chi connectivity index (χ1) is 13.4. The molecule has 0 saturated heterocycles. The van der Waals surface area contributed by atoms with Gasteiger partial charge in [-0.15, -0.1) is 0 Å². The van der Waals surface area contributed by atoms with E-state index >= 15 is 0 Å². The molecule has 0 aliphatic carbocycles. The van der Waals surface area contributed by atoms with Crippen LogP contribution in [0.25, 0.3) is 22.1 Å². The zero-order chi connectivity index (χ0) is 20.3. The van der Waals surface area contributed by atoms with E-state index in [0.717, 1.165) is 16.5 Å². The Kier molecular flexibility index (Phi) is 5.83. The molecular weight excluding hydrogens is 354 g/mol. The topological polar surface area (TPSA) is 59.8 Å². The standard InChI is InChI=1S/C23H25NO4/c1-15(2)24(16(3)4)22(25)14-27-18-10-11-19-20(17-8-6-5-7-9-17)13-23(26)28-21(19)12-18/h5-13,15-16H,14H2,1-4H3. The lowest BCUT2D eigenvalue weighted by atomic mass is 10.0. The van der Waals surface area contributed by atoms with E-state index in [2.05, 4.69) is 0 Å². The van der Waals surface area contributed by atoms with Crippen LogP contribution in [0.5, 0.6) is 5.75 Å². The van der Waals surface area contributed by atoms with E-state index in [1.165, 1.54) is 6.07 Å². The minimum atomic E-state index is -0.426. The van der Waals surface area contributed by atoms with Crippen LogP contribution in [0.3, 0.4) is 0 Å². The lowest BCUT2D eigenvalue weighted by Crippen LogP contribution is -2.44. The van der Waals surface area contributed by atoms with E-state index in [1.54, 1.807) is 17.0 Å². The first-order valence-electron chi connectivity index (χ1n) is 9.44. The Bertz CT molecular complexity index is 1010. The highest BCUT2D eigenvalue weighted by Crippen LogP contribution is 2.29. The van der Waals surface area contributed by atoms with Crippen LogP contribution in [-0.2, 0) is 4.79 Å². The number of rotatable bonds is 6. The van der Waals surface area contributed by atoms with Gasteiger partial charge in [0.2, 0.25) is 0 Å². The average molecular weight is 379 g/mol. The second-order valence-electron chi connectivity index (χ2n) is 7.28. The number of nitrogens with zero attached hydrogens (tertiary/aromatic N) is 1. The number of amides is 1. The summed E-state index contributed by atoms with van der Waals surface area (Å²) in [5, 5.41) is 0.815. The summed E-state index contributed by atoms with van der Waals surface area (Å²) in [6.45, 7) is 7.85. The lowest BCUT2D eigenvalue weighted by Gasteiger charge is -2.30. The molecule has 0 unspecified atom stereocenters. The van der Waals surface area contributed by atoms with Gasteiger partial charge in [0.15, 0.2) is 6.61 Å². The quantitative estimate of drug-likeness (QED) is 0.592. The van der Waals surface area contributed by atoms with E-state index in [4.69, 9.17) is 9.15 Å². The molecule has 5 heteroatoms. The fourth-order valence-electron chi connectivity index (χ4n) is 3.48. The largest absolute Gasteiger partial charge is 0.484 e. The van der Waals surface area contributed by atoms with Crippen LogP contribution in [0.1, 0.15) is 27.7 Å². The predicted molar refractivity (Wildman–Crippen MR) is 111 cm³/mol. The van der Waals surface area contributed by atoms with Crippen molar-refractivity contribution in [1.82, 2.24) is 4.90 Å². The molecule has 1 aromatic heterocycles. The van der Waals surface area contributed by atoms with Crippen LogP contribution in [0.2, 0.25) is 0 Å². The smallest absolute Gasteiger partial charge is 0.336 e. The van der Waals surface area contributed by atoms with Crippen molar-refractivity contribution in [2.75, 3.05) is 6.61 Å². The monoisotopic (exact) mass is 379 g/mol. The Morgan fingerprint density at radius 2 is 1.68 bits per heavy atom. The van der Waals surface area contributed by atoms with Gasteiger partial charge in [0.25, 0.3) is 5.91 Å². The summed E-state index contributed by atoms with van der Waals surface area (Å²) in [5.74, 6) is 0.409. The number of hydrogen-bond acceptors (Lipinski definition) is 4. The maximum Gasteiger partial charge on any atom is 0.336 e. The lowest BCUT2D eigenvalue weighted by molar-refractivity contribution is -0.136. The van der Waals surface area contributed by atoms with Crippen molar-refractivity contribution < 1.29 is 13.9 Å². The van der Waals surface area contributed by atoms with E-state index in [0.29, 0.717) is 11.3 Å². The van der Waals surface area contributed by atoms with E-state index in [9.17, 15) is 9.59 Å². The number of ether oxygens (including phenoxy) is 1. The average Bonchev–Trinajstić information content (AvgIpc) is 2.65. The summed E-state index contributed by atoms with van der Waals surface area (Å²) >= 11 is 0. The second-order valence-corrected chi connectivity index (χ2v) is 7.28. The van der Waals surface area contributed by atoms with Crippen molar-refractivity contribution in [3.63, 3.8) is 0 Å². The number of carbonyl (C=O) groups excluding carboxylic acids is 1. The fourth-order valence-corrected chi connectivity index (χ4v) is 3.48. The van der Waals surface area contributed by atoms with Gasteiger partial charge in [-0.3, -0.25) is 4.79 Å². The van der Waals surface area contributed by atoms with Crippen LogP contribution in [0, 0.1) is 0 Å². The van der Waals surface area contributed by atoms with Gasteiger partial charge in [-0.1, -0.05) is 30.3 Å². The Morgan fingerprint density at radius 3 is 2.32 bits per heavy atom. The molecule has 0 aliphatic rings. The Hall–Kier alpha value is -3.08. The molecule has 2 aromatic carbocycles. The summed E-state index contributed by atoms with van der Waals surface area (Å²) in [6.07, 6.45) is 0. The highest BCUT2D eigenvalue weighted by molar-refractivity contribution is 5.93. The molecule has 0 bridgehead atoms. The molecule has 1 amide bonds. The Morgan fingerprint density at radius 1 is 1.00 bits per heavy atom. The van der Waals surface area contributed by atoms with Crippen molar-refractivity contribution in [2.45, 2.75) is 39.8 Å². The number of carbonyl (C=O) groups is 1. The first kappa shape index (κ1) is 19.7. The summed E-state index contributed by atoms with van der Waals surface area (Å²) in [7, 11) is 0. The summed E-state index contributed by atoms with van der Waals surface area (Å²) < 4.78 is 11.1. The van der Waals surface area contributed by atoms with Gasteiger partial charge in [0, 0.05) is 29.6 Å². The molecule has 0 saturated carbocycles. The first-order valence-corrected chi connectivity index (χ1v) is 9.44. The maximum absolute atomic E-state index is 12.5. The minimum Gasteiger partial charge on any atom is -0.484 e. The van der Waals surface area contributed by atoms with E-state index in [1.807, 2.05) is 64.1 Å². The molecule has 0 N–H and O–H groups in total. The third kappa shape index (κ3) is 4.25. The highest BCUT2D eigenvalue weighted by Gasteiger charge is 2.20. The van der Waals surface area contributed by atoms with Crippen molar-refractivity contribution >= 4 is 16.9 Å². The molecule has 0 atom stereocenters. The molecule has 3 rings (SSSR count). The van der Waals surface area contributed by atoms with E-state index in [-0.39, 0.29) is 24.6 Å². The van der Waals surface area contributed by atoms with Gasteiger partial charge >= 0.3 is 5.63 Å². The summed E-state index contributed by atoms with van der Waals surface area (Å²) in [4.78, 5) is 26.3. The summed E-state index contributed by atoms with van der Waals surface area (Å²) in [6, 6.07) is 16.7. The predicted octanol–water partition coefficient (Wildman–Crippen LogP) is 4.48. The van der Waals surface area contributed by atoms with E-state index < -0.39 is 5.63 Å². The molecule has 28 heavy (non-hydrogen) atoms. The van der Waals surface area contributed by atoms with Crippen molar-refractivity contribution in [2.24, 2.45) is 0 Å². The van der Waals surface area contributed by atoms with Crippen molar-refractivity contribution in [1.29, 1.82) is 0 Å². The molecule has 1 heterocycles. The Balaban J connectivity index is 1.87. The molecule has 146 valence electrons. The third-order valence-electron chi connectivity index (χ3n) is 4.56. The van der Waals surface area contributed by atoms with Crippen molar-refractivity contribution in [3.05, 3.63) is 65.0 Å². The van der Waals surface area contributed by atoms with Gasteiger partial charge in [0.1, 0.15) is 11.3 Å². The molecule has 0 aliphatic heterocycles. The zero-order valence-corrected chi connectivity index (χ0v) is 16.6. The van der Waals surface area contributed by atoms with Gasteiger partial charge in [0.05, 0.1) is 0 Å². The minimum absolute atomic E-state index is 0.0650. The maximum atomic E-state index is 12.5. The number of fused-ring (bicyclic) bond motifs is 1. The third-order valence-corrected chi connectivity index (χ3v) is 4.56. The van der Waals surface area contributed by atoms with Gasteiger partial charge < -0.3 is 14.1 Å². The van der Waals surface area contributed by atoms with Gasteiger partial charge in [-0.2, -0.15) is 0 Å². The molecule has 0 spiro atoms. The highest BCUT2D eigenvalue weighted by atomic mass is 16.5. The van der Waals surface area contributed by atoms with Crippen LogP contribution >= 0.6 is 0 Å². The van der Waals surface area contributed by atoms with Crippen LogP contribution in [0.15, 0.2) is 63.8 Å². The van der Waals surface area contributed by atoms with Crippen LogP contribution in [-0.4, -0.2) is 29.5 Å². The Labute approximate surface area is 164 Å². The zero-order valence-electron chi connectivity index (χ0n) is 16.6. The van der Waals surface area contributed by atoms with Crippen LogP contribution in [0.4, 0.5) is 0 Å². The molecule has 3 aromatic rings. The molecular formula is C23H25NO4. The van der Waals surface area contributed by atoms with Gasteiger partial charge in [-0.25, -0.2) is 4.79 Å². The molecule has 5 nitrogen and oxygen atoms in total.